The fourth-order valence-corrected chi connectivity index (χ4v) is 2.48. The molecule has 0 aliphatic carbocycles. The fourth-order valence-electron chi connectivity index (χ4n) is 1.60. The Morgan fingerprint density at radius 3 is 3.00 bits per heavy atom. The zero-order chi connectivity index (χ0) is 12.3. The highest BCUT2D eigenvalue weighted by atomic mass is 79.9. The van der Waals surface area contributed by atoms with Crippen LogP contribution in [0.4, 0.5) is 4.39 Å². The first kappa shape index (κ1) is 12.6. The van der Waals surface area contributed by atoms with Gasteiger partial charge >= 0.3 is 0 Å². The first-order valence-corrected chi connectivity index (χ1v) is 6.61. The summed E-state index contributed by atoms with van der Waals surface area (Å²) < 4.78 is 22.3. The van der Waals surface area contributed by atoms with Gasteiger partial charge in [0.15, 0.2) is 0 Å². The number of likely N-dealkylation sites (N-methyl/N-ethyl adjacent to an activating group) is 1. The highest BCUT2D eigenvalue weighted by Crippen LogP contribution is 2.23. The molecule has 0 radical (unpaired) electrons. The number of benzene rings is 1. The van der Waals surface area contributed by atoms with E-state index in [1.165, 1.54) is 23.9 Å². The zero-order valence-electron chi connectivity index (χ0n) is 9.15. The number of halogens is 2. The minimum absolute atomic E-state index is 0.0480. The van der Waals surface area contributed by atoms with Crippen LogP contribution >= 0.6 is 27.7 Å². The molecular formula is C11H11BrFN3S. The molecular weight excluding hydrogens is 305 g/mol. The molecule has 1 heterocycles. The number of rotatable bonds is 4. The molecule has 2 aromatic rings. The summed E-state index contributed by atoms with van der Waals surface area (Å²) in [6.07, 6.45) is 2.40. The van der Waals surface area contributed by atoms with Crippen LogP contribution in [-0.4, -0.2) is 15.8 Å². The molecule has 90 valence electrons. The van der Waals surface area contributed by atoms with Crippen LogP contribution in [0.3, 0.4) is 0 Å². The third-order valence-corrected chi connectivity index (χ3v) is 3.78. The molecule has 0 amide bonds. The Labute approximate surface area is 112 Å². The summed E-state index contributed by atoms with van der Waals surface area (Å²) in [5, 5.41) is 3.16. The van der Waals surface area contributed by atoms with Crippen molar-refractivity contribution in [1.82, 2.24) is 14.1 Å². The molecule has 1 unspecified atom stereocenters. The second-order valence-electron chi connectivity index (χ2n) is 3.61. The van der Waals surface area contributed by atoms with Gasteiger partial charge in [0.25, 0.3) is 0 Å². The van der Waals surface area contributed by atoms with Gasteiger partial charge in [0.05, 0.1) is 29.7 Å². The lowest BCUT2D eigenvalue weighted by atomic mass is 10.0. The zero-order valence-corrected chi connectivity index (χ0v) is 11.6. The number of nitrogens with one attached hydrogen (secondary N) is 1. The number of hydrogen-bond acceptors (Lipinski definition) is 4. The molecule has 0 bridgehead atoms. The van der Waals surface area contributed by atoms with Gasteiger partial charge in [-0.15, -0.1) is 0 Å². The molecule has 1 aromatic heterocycles. The first-order valence-electron chi connectivity index (χ1n) is 5.09. The predicted octanol–water partition coefficient (Wildman–Crippen LogP) is 2.94. The summed E-state index contributed by atoms with van der Waals surface area (Å²) in [6, 6.07) is 4.74. The molecule has 17 heavy (non-hydrogen) atoms. The Morgan fingerprint density at radius 2 is 2.35 bits per heavy atom. The predicted molar refractivity (Wildman–Crippen MR) is 69.5 cm³/mol. The maximum absolute atomic E-state index is 13.2. The Hall–Kier alpha value is -0.850. The van der Waals surface area contributed by atoms with E-state index in [1.54, 1.807) is 12.3 Å². The van der Waals surface area contributed by atoms with E-state index in [1.807, 2.05) is 7.05 Å². The van der Waals surface area contributed by atoms with Crippen LogP contribution < -0.4 is 5.32 Å². The maximum Gasteiger partial charge on any atom is 0.123 e. The van der Waals surface area contributed by atoms with Gasteiger partial charge in [-0.2, -0.15) is 8.75 Å². The van der Waals surface area contributed by atoms with Gasteiger partial charge in [-0.25, -0.2) is 4.39 Å². The van der Waals surface area contributed by atoms with Gasteiger partial charge in [0.2, 0.25) is 0 Å². The summed E-state index contributed by atoms with van der Waals surface area (Å²) in [4.78, 5) is 0. The van der Waals surface area contributed by atoms with E-state index in [0.717, 1.165) is 15.7 Å². The summed E-state index contributed by atoms with van der Waals surface area (Å²) >= 11 is 4.60. The Morgan fingerprint density at radius 1 is 1.53 bits per heavy atom. The van der Waals surface area contributed by atoms with Gasteiger partial charge in [0.1, 0.15) is 5.82 Å². The SMILES string of the molecule is CNC(Cc1cc(F)ccc1Br)c1cnsn1. The maximum atomic E-state index is 13.2. The van der Waals surface area contributed by atoms with Crippen molar-refractivity contribution in [2.24, 2.45) is 0 Å². The van der Waals surface area contributed by atoms with E-state index in [9.17, 15) is 4.39 Å². The van der Waals surface area contributed by atoms with E-state index in [2.05, 4.69) is 30.0 Å². The molecule has 0 aliphatic rings. The van der Waals surface area contributed by atoms with Crippen LogP contribution in [0, 0.1) is 5.82 Å². The lowest BCUT2D eigenvalue weighted by Crippen LogP contribution is -2.19. The van der Waals surface area contributed by atoms with Crippen molar-refractivity contribution in [3.8, 4) is 0 Å². The Kier molecular flexibility index (Phi) is 4.20. The molecule has 0 saturated carbocycles. The normalized spacial score (nSPS) is 12.6. The molecule has 6 heteroatoms. The highest BCUT2D eigenvalue weighted by Gasteiger charge is 2.14. The molecule has 1 N–H and O–H groups in total. The Bertz CT molecular complexity index is 489. The Balaban J connectivity index is 2.21. The summed E-state index contributed by atoms with van der Waals surface area (Å²) in [5.74, 6) is -0.227. The van der Waals surface area contributed by atoms with Crippen LogP contribution in [0.2, 0.25) is 0 Å². The summed E-state index contributed by atoms with van der Waals surface area (Å²) in [5.41, 5.74) is 1.80. The topological polar surface area (TPSA) is 37.8 Å². The minimum atomic E-state index is -0.227. The quantitative estimate of drug-likeness (QED) is 0.942. The first-order chi connectivity index (χ1) is 8.20. The largest absolute Gasteiger partial charge is 0.311 e. The van der Waals surface area contributed by atoms with Gasteiger partial charge < -0.3 is 5.32 Å². The van der Waals surface area contributed by atoms with Crippen molar-refractivity contribution in [3.63, 3.8) is 0 Å². The minimum Gasteiger partial charge on any atom is -0.311 e. The van der Waals surface area contributed by atoms with Crippen molar-refractivity contribution in [2.45, 2.75) is 12.5 Å². The van der Waals surface area contributed by atoms with Gasteiger partial charge in [-0.05, 0) is 37.2 Å². The molecule has 0 saturated heterocycles. The second-order valence-corrected chi connectivity index (χ2v) is 5.02. The number of aromatic nitrogens is 2. The summed E-state index contributed by atoms with van der Waals surface area (Å²) in [7, 11) is 1.86. The average Bonchev–Trinajstić information content (AvgIpc) is 2.84. The molecule has 1 atom stereocenters. The smallest absolute Gasteiger partial charge is 0.123 e. The van der Waals surface area contributed by atoms with Crippen molar-refractivity contribution >= 4 is 27.7 Å². The standard InChI is InChI=1S/C11H11BrFN3S/c1-14-10(11-6-15-17-16-11)5-7-4-8(13)2-3-9(7)12/h2-4,6,10,14H,5H2,1H3. The van der Waals surface area contributed by atoms with Crippen molar-refractivity contribution in [2.75, 3.05) is 7.05 Å². The number of hydrogen-bond donors (Lipinski definition) is 1. The molecule has 0 aliphatic heterocycles. The van der Waals surface area contributed by atoms with Crippen LogP contribution in [-0.2, 0) is 6.42 Å². The van der Waals surface area contributed by atoms with Gasteiger partial charge in [0, 0.05) is 4.47 Å². The molecule has 3 nitrogen and oxygen atoms in total. The fraction of sp³-hybridized carbons (Fsp3) is 0.273. The van der Waals surface area contributed by atoms with E-state index in [4.69, 9.17) is 0 Å². The molecule has 1 aromatic carbocycles. The van der Waals surface area contributed by atoms with Crippen molar-refractivity contribution < 1.29 is 4.39 Å². The van der Waals surface area contributed by atoms with Gasteiger partial charge in [-0.1, -0.05) is 15.9 Å². The van der Waals surface area contributed by atoms with Crippen LogP contribution in [0.5, 0.6) is 0 Å². The molecule has 0 fully saturated rings. The van der Waals surface area contributed by atoms with Crippen LogP contribution in [0.25, 0.3) is 0 Å². The van der Waals surface area contributed by atoms with Crippen LogP contribution in [0.15, 0.2) is 28.9 Å². The lowest BCUT2D eigenvalue weighted by Gasteiger charge is -2.14. The van der Waals surface area contributed by atoms with E-state index < -0.39 is 0 Å². The summed E-state index contributed by atoms with van der Waals surface area (Å²) in [6.45, 7) is 0. The van der Waals surface area contributed by atoms with Gasteiger partial charge in [-0.3, -0.25) is 0 Å². The lowest BCUT2D eigenvalue weighted by molar-refractivity contribution is 0.573. The van der Waals surface area contributed by atoms with Crippen molar-refractivity contribution in [1.29, 1.82) is 0 Å². The molecule has 2 rings (SSSR count). The third-order valence-electron chi connectivity index (χ3n) is 2.52. The average molecular weight is 316 g/mol. The highest BCUT2D eigenvalue weighted by molar-refractivity contribution is 9.10. The van der Waals surface area contributed by atoms with Crippen LogP contribution in [0.1, 0.15) is 17.3 Å². The third kappa shape index (κ3) is 3.08. The van der Waals surface area contributed by atoms with E-state index in [-0.39, 0.29) is 11.9 Å². The van der Waals surface area contributed by atoms with E-state index in [0.29, 0.717) is 6.42 Å². The molecule has 0 spiro atoms. The number of nitrogens with zero attached hydrogens (tertiary/aromatic N) is 2. The monoisotopic (exact) mass is 315 g/mol. The van der Waals surface area contributed by atoms with Crippen molar-refractivity contribution in [3.05, 3.63) is 45.9 Å². The second kappa shape index (κ2) is 5.66. The van der Waals surface area contributed by atoms with E-state index >= 15 is 0 Å².